The summed E-state index contributed by atoms with van der Waals surface area (Å²) >= 11 is 5.28. The monoisotopic (exact) mass is 524 g/mol. The molecule has 32 heavy (non-hydrogen) atoms. The zero-order chi connectivity index (χ0) is 23.0. The molecule has 174 valence electrons. The van der Waals surface area contributed by atoms with E-state index < -0.39 is 28.7 Å². The number of hydrogen-bond acceptors (Lipinski definition) is 6. The van der Waals surface area contributed by atoms with E-state index in [-0.39, 0.29) is 41.1 Å². The zero-order valence-corrected chi connectivity index (χ0v) is 20.6. The van der Waals surface area contributed by atoms with Crippen molar-refractivity contribution >= 4 is 45.5 Å². The van der Waals surface area contributed by atoms with E-state index >= 15 is 0 Å². The van der Waals surface area contributed by atoms with Gasteiger partial charge in [-0.15, -0.1) is 11.8 Å². The molecule has 2 bridgehead atoms. The number of carbonyl (C=O) groups is 3. The second-order valence-corrected chi connectivity index (χ2v) is 11.3. The van der Waals surface area contributed by atoms with Crippen molar-refractivity contribution in [1.29, 1.82) is 0 Å². The number of likely N-dealkylation sites (tertiary alicyclic amines) is 1. The molecular weight excluding hydrogens is 496 g/mol. The Morgan fingerprint density at radius 1 is 1.34 bits per heavy atom. The van der Waals surface area contributed by atoms with Gasteiger partial charge < -0.3 is 20.1 Å². The molecule has 9 heteroatoms. The van der Waals surface area contributed by atoms with E-state index in [9.17, 15) is 19.5 Å². The van der Waals surface area contributed by atoms with Crippen LogP contribution in [-0.4, -0.2) is 67.9 Å². The third-order valence-electron chi connectivity index (χ3n) is 6.92. The first kappa shape index (κ1) is 23.6. The molecule has 0 aliphatic carbocycles. The predicted molar refractivity (Wildman–Crippen MR) is 125 cm³/mol. The number of rotatable bonds is 8. The van der Waals surface area contributed by atoms with Crippen LogP contribution in [0.15, 0.2) is 30.3 Å². The van der Waals surface area contributed by atoms with Gasteiger partial charge in [0.05, 0.1) is 35.8 Å². The highest BCUT2D eigenvalue weighted by Gasteiger charge is 2.76. The SMILES string of the molecule is CCOC(=O)[C@H]1[C@@H]2SC3(CC2Br)C(C(=O)NCc2ccccc2)N([C@@H](CC)CO)C(=O)[C@H]13. The quantitative estimate of drug-likeness (QED) is 0.399. The highest BCUT2D eigenvalue weighted by molar-refractivity contribution is 9.09. The number of fused-ring (bicyclic) bond motifs is 1. The number of esters is 1. The highest BCUT2D eigenvalue weighted by atomic mass is 79.9. The molecule has 2 N–H and O–H groups in total. The van der Waals surface area contributed by atoms with Gasteiger partial charge in [0.15, 0.2) is 0 Å². The molecule has 1 aromatic rings. The normalized spacial score (nSPS) is 33.8. The lowest BCUT2D eigenvalue weighted by Gasteiger charge is -2.37. The molecule has 7 atom stereocenters. The fourth-order valence-electron chi connectivity index (χ4n) is 5.56. The second kappa shape index (κ2) is 9.35. The lowest BCUT2D eigenvalue weighted by atomic mass is 9.71. The van der Waals surface area contributed by atoms with Crippen molar-refractivity contribution in [2.45, 2.75) is 60.1 Å². The van der Waals surface area contributed by atoms with Gasteiger partial charge in [0, 0.05) is 16.6 Å². The minimum absolute atomic E-state index is 0.00420. The van der Waals surface area contributed by atoms with E-state index in [1.807, 2.05) is 37.3 Å². The van der Waals surface area contributed by atoms with Crippen LogP contribution in [0, 0.1) is 11.8 Å². The van der Waals surface area contributed by atoms with Crippen molar-refractivity contribution < 1.29 is 24.2 Å². The molecule has 3 saturated heterocycles. The van der Waals surface area contributed by atoms with Crippen LogP contribution in [0.25, 0.3) is 0 Å². The third kappa shape index (κ3) is 3.66. The molecule has 1 spiro atoms. The summed E-state index contributed by atoms with van der Waals surface area (Å²) < 4.78 is 4.61. The highest BCUT2D eigenvalue weighted by Crippen LogP contribution is 2.68. The van der Waals surface area contributed by atoms with Crippen molar-refractivity contribution in [2.75, 3.05) is 13.2 Å². The average Bonchev–Trinajstić information content (AvgIpc) is 3.38. The Balaban J connectivity index is 1.70. The first-order valence-corrected chi connectivity index (χ1v) is 12.9. The summed E-state index contributed by atoms with van der Waals surface area (Å²) in [5, 5.41) is 12.9. The maximum Gasteiger partial charge on any atom is 0.310 e. The Morgan fingerprint density at radius 3 is 2.69 bits per heavy atom. The van der Waals surface area contributed by atoms with E-state index in [1.54, 1.807) is 23.6 Å². The van der Waals surface area contributed by atoms with E-state index in [0.29, 0.717) is 19.4 Å². The molecule has 0 aromatic heterocycles. The summed E-state index contributed by atoms with van der Waals surface area (Å²) in [5.74, 6) is -2.07. The molecule has 3 unspecified atom stereocenters. The standard InChI is InChI=1S/C23H29BrN2O5S/c1-3-14(12-27)26-19(20(28)25-11-13-8-6-5-7-9-13)23-10-15(24)18(32-23)16(17(23)21(26)29)22(30)31-4-2/h5-9,14-19,27H,3-4,10-12H2,1-2H3,(H,25,28)/t14-,15?,16+,17-,18+,19?,23?/m0/s1. The predicted octanol–water partition coefficient (Wildman–Crippen LogP) is 2.10. The number of nitrogens with one attached hydrogen (secondary N) is 1. The number of alkyl halides is 1. The molecule has 3 heterocycles. The summed E-state index contributed by atoms with van der Waals surface area (Å²) in [4.78, 5) is 41.8. The van der Waals surface area contributed by atoms with E-state index in [4.69, 9.17) is 4.74 Å². The fourth-order valence-corrected chi connectivity index (χ4v) is 9.15. The number of aliphatic hydroxyl groups excluding tert-OH is 1. The van der Waals surface area contributed by atoms with Gasteiger partial charge >= 0.3 is 5.97 Å². The van der Waals surface area contributed by atoms with E-state index in [2.05, 4.69) is 21.2 Å². The van der Waals surface area contributed by atoms with Crippen LogP contribution in [-0.2, 0) is 25.7 Å². The summed E-state index contributed by atoms with van der Waals surface area (Å²) in [6.07, 6.45) is 1.12. The number of carbonyl (C=O) groups excluding carboxylic acids is 3. The van der Waals surface area contributed by atoms with Crippen molar-refractivity contribution in [3.05, 3.63) is 35.9 Å². The summed E-state index contributed by atoms with van der Waals surface area (Å²) in [6, 6.07) is 8.37. The van der Waals surface area contributed by atoms with Crippen LogP contribution in [0.2, 0.25) is 0 Å². The summed E-state index contributed by atoms with van der Waals surface area (Å²) in [6.45, 7) is 4.00. The van der Waals surface area contributed by atoms with Gasteiger partial charge in [0.2, 0.25) is 11.8 Å². The first-order valence-electron chi connectivity index (χ1n) is 11.1. The van der Waals surface area contributed by atoms with Crippen LogP contribution < -0.4 is 5.32 Å². The minimum Gasteiger partial charge on any atom is -0.466 e. The average molecular weight is 525 g/mol. The number of halogens is 1. The minimum atomic E-state index is -0.754. The summed E-state index contributed by atoms with van der Waals surface area (Å²) in [7, 11) is 0. The van der Waals surface area contributed by atoms with Gasteiger partial charge in [-0.25, -0.2) is 0 Å². The number of aliphatic hydroxyl groups is 1. The van der Waals surface area contributed by atoms with Gasteiger partial charge in [-0.2, -0.15) is 0 Å². The van der Waals surface area contributed by atoms with Gasteiger partial charge in [0.25, 0.3) is 0 Å². The Kier molecular flexibility index (Phi) is 6.89. The molecule has 3 aliphatic rings. The number of thioether (sulfide) groups is 1. The number of nitrogens with zero attached hydrogens (tertiary/aromatic N) is 1. The largest absolute Gasteiger partial charge is 0.466 e. The van der Waals surface area contributed by atoms with Crippen LogP contribution in [0.4, 0.5) is 0 Å². The maximum absolute atomic E-state index is 13.7. The molecule has 1 aromatic carbocycles. The number of hydrogen-bond donors (Lipinski definition) is 2. The zero-order valence-electron chi connectivity index (χ0n) is 18.2. The Bertz CT molecular complexity index is 882. The molecule has 0 saturated carbocycles. The molecular formula is C23H29BrN2O5S. The van der Waals surface area contributed by atoms with Gasteiger partial charge in [-0.1, -0.05) is 53.2 Å². The topological polar surface area (TPSA) is 95.9 Å². The number of amides is 2. The van der Waals surface area contributed by atoms with Crippen molar-refractivity contribution in [2.24, 2.45) is 11.8 Å². The Morgan fingerprint density at radius 2 is 2.06 bits per heavy atom. The fraction of sp³-hybridized carbons (Fsp3) is 0.609. The van der Waals surface area contributed by atoms with Crippen LogP contribution in [0.3, 0.4) is 0 Å². The second-order valence-electron chi connectivity index (χ2n) is 8.61. The molecule has 3 aliphatic heterocycles. The Labute approximate surface area is 200 Å². The van der Waals surface area contributed by atoms with Gasteiger partial charge in [-0.3, -0.25) is 14.4 Å². The van der Waals surface area contributed by atoms with Crippen molar-refractivity contribution in [3.63, 3.8) is 0 Å². The van der Waals surface area contributed by atoms with E-state index in [0.717, 1.165) is 5.56 Å². The first-order chi connectivity index (χ1) is 15.4. The van der Waals surface area contributed by atoms with Crippen LogP contribution in [0.5, 0.6) is 0 Å². The van der Waals surface area contributed by atoms with Gasteiger partial charge in [0.1, 0.15) is 6.04 Å². The van der Waals surface area contributed by atoms with Crippen LogP contribution >= 0.6 is 27.7 Å². The molecule has 0 radical (unpaired) electrons. The molecule has 7 nitrogen and oxygen atoms in total. The van der Waals surface area contributed by atoms with E-state index in [1.165, 1.54) is 0 Å². The van der Waals surface area contributed by atoms with Crippen molar-refractivity contribution in [3.8, 4) is 0 Å². The maximum atomic E-state index is 13.7. The van der Waals surface area contributed by atoms with Crippen LogP contribution in [0.1, 0.15) is 32.3 Å². The number of benzene rings is 1. The lowest BCUT2D eigenvalue weighted by molar-refractivity contribution is -0.154. The smallest absolute Gasteiger partial charge is 0.310 e. The van der Waals surface area contributed by atoms with Gasteiger partial charge in [-0.05, 0) is 25.3 Å². The molecule has 4 rings (SSSR count). The number of ether oxygens (including phenoxy) is 1. The summed E-state index contributed by atoms with van der Waals surface area (Å²) in [5.41, 5.74) is 0.964. The molecule has 3 fully saturated rings. The Hall–Kier alpha value is -1.58. The van der Waals surface area contributed by atoms with Crippen molar-refractivity contribution in [1.82, 2.24) is 10.2 Å². The lowest BCUT2D eigenvalue weighted by Crippen LogP contribution is -2.56. The third-order valence-corrected chi connectivity index (χ3v) is 10.1. The molecule has 2 amide bonds.